The number of carbonyl (C=O) groups excluding carboxylic acids is 4. The van der Waals surface area contributed by atoms with Gasteiger partial charge in [-0.05, 0) is 38.0 Å². The number of hydrazine groups is 1. The number of rotatable bonds is 6. The second-order valence-corrected chi connectivity index (χ2v) is 6.96. The van der Waals surface area contributed by atoms with Crippen LogP contribution >= 0.6 is 0 Å². The van der Waals surface area contributed by atoms with Gasteiger partial charge in [0.05, 0.1) is 7.11 Å². The molecular weight excluding hydrogens is 366 g/mol. The molecule has 1 aromatic carbocycles. The van der Waals surface area contributed by atoms with E-state index in [9.17, 15) is 19.2 Å². The molecule has 1 spiro atoms. The summed E-state index contributed by atoms with van der Waals surface area (Å²) in [5.74, 6) is -0.652. The lowest BCUT2D eigenvalue weighted by Crippen LogP contribution is -2.51. The van der Waals surface area contributed by atoms with Crippen molar-refractivity contribution in [2.45, 2.75) is 44.6 Å². The Hall–Kier alpha value is -3.10. The third-order valence-electron chi connectivity index (χ3n) is 5.03. The van der Waals surface area contributed by atoms with E-state index in [1.165, 1.54) is 26.2 Å². The Bertz CT molecular complexity index is 816. The van der Waals surface area contributed by atoms with E-state index in [2.05, 4.69) is 10.7 Å². The maximum absolute atomic E-state index is 12.6. The SMILES string of the molecule is COc1cc(C(C)=O)ccc1OCC(=O)NN1C(=O)NC2(CCCCC2)C1=O. The molecular formula is C19H23N3O6. The van der Waals surface area contributed by atoms with Crippen LogP contribution < -0.4 is 20.2 Å². The fraction of sp³-hybridized carbons (Fsp3) is 0.474. The monoisotopic (exact) mass is 389 g/mol. The maximum Gasteiger partial charge on any atom is 0.344 e. The van der Waals surface area contributed by atoms with Crippen molar-refractivity contribution in [1.82, 2.24) is 15.8 Å². The Morgan fingerprint density at radius 2 is 1.89 bits per heavy atom. The highest BCUT2D eigenvalue weighted by Crippen LogP contribution is 2.33. The minimum absolute atomic E-state index is 0.127. The highest BCUT2D eigenvalue weighted by Gasteiger charge is 2.52. The summed E-state index contributed by atoms with van der Waals surface area (Å²) in [6.45, 7) is 1.000. The van der Waals surface area contributed by atoms with Gasteiger partial charge in [0.25, 0.3) is 11.8 Å². The summed E-state index contributed by atoms with van der Waals surface area (Å²) in [4.78, 5) is 48.4. The molecule has 0 bridgehead atoms. The number of hydrogen-bond donors (Lipinski definition) is 2. The molecule has 1 saturated carbocycles. The average molecular weight is 389 g/mol. The molecule has 4 amide bonds. The lowest BCUT2D eigenvalue weighted by Gasteiger charge is -2.30. The standard InChI is InChI=1S/C19H23N3O6/c1-12(23)13-6-7-14(15(10-13)27-2)28-11-16(24)21-22-17(25)19(20-18(22)26)8-4-3-5-9-19/h6-7,10H,3-5,8-9,11H2,1-2H3,(H,20,26)(H,21,24). The molecule has 3 rings (SSSR count). The van der Waals surface area contributed by atoms with E-state index in [-0.39, 0.29) is 11.5 Å². The summed E-state index contributed by atoms with van der Waals surface area (Å²) >= 11 is 0. The fourth-order valence-electron chi connectivity index (χ4n) is 3.52. The number of urea groups is 1. The predicted molar refractivity (Wildman–Crippen MR) is 97.8 cm³/mol. The van der Waals surface area contributed by atoms with Gasteiger partial charge in [-0.1, -0.05) is 19.3 Å². The van der Waals surface area contributed by atoms with Crippen molar-refractivity contribution in [1.29, 1.82) is 0 Å². The Kier molecular flexibility index (Phi) is 5.53. The molecule has 0 radical (unpaired) electrons. The van der Waals surface area contributed by atoms with E-state index in [0.717, 1.165) is 24.3 Å². The summed E-state index contributed by atoms with van der Waals surface area (Å²) in [7, 11) is 1.42. The van der Waals surface area contributed by atoms with Gasteiger partial charge in [0, 0.05) is 5.56 Å². The number of hydrogen-bond acceptors (Lipinski definition) is 6. The smallest absolute Gasteiger partial charge is 0.344 e. The van der Waals surface area contributed by atoms with Gasteiger partial charge in [0.15, 0.2) is 23.9 Å². The first kappa shape index (κ1) is 19.7. The molecule has 2 N–H and O–H groups in total. The van der Waals surface area contributed by atoms with Gasteiger partial charge in [0.2, 0.25) is 0 Å². The largest absolute Gasteiger partial charge is 0.493 e. The third-order valence-corrected chi connectivity index (χ3v) is 5.03. The molecule has 0 aromatic heterocycles. The molecule has 0 atom stereocenters. The van der Waals surface area contributed by atoms with Crippen molar-refractivity contribution < 1.29 is 28.7 Å². The second-order valence-electron chi connectivity index (χ2n) is 6.96. The van der Waals surface area contributed by atoms with Crippen LogP contribution in [0.4, 0.5) is 4.79 Å². The number of nitrogens with zero attached hydrogens (tertiary/aromatic N) is 1. The van der Waals surface area contributed by atoms with Gasteiger partial charge in [0.1, 0.15) is 5.54 Å². The number of imide groups is 1. The summed E-state index contributed by atoms with van der Waals surface area (Å²) in [5.41, 5.74) is 1.84. The van der Waals surface area contributed by atoms with Crippen LogP contribution in [0.3, 0.4) is 0 Å². The Morgan fingerprint density at radius 1 is 1.18 bits per heavy atom. The van der Waals surface area contributed by atoms with Crippen LogP contribution in [0.15, 0.2) is 18.2 Å². The van der Waals surface area contributed by atoms with Crippen LogP contribution in [-0.4, -0.2) is 47.9 Å². The van der Waals surface area contributed by atoms with Crippen LogP contribution in [0.1, 0.15) is 49.4 Å². The van der Waals surface area contributed by atoms with Crippen molar-refractivity contribution >= 4 is 23.6 Å². The quantitative estimate of drug-likeness (QED) is 0.564. The fourth-order valence-corrected chi connectivity index (χ4v) is 3.52. The van der Waals surface area contributed by atoms with Crippen LogP contribution in [0.5, 0.6) is 11.5 Å². The molecule has 2 fully saturated rings. The molecule has 150 valence electrons. The highest BCUT2D eigenvalue weighted by molar-refractivity contribution is 6.08. The number of methoxy groups -OCH3 is 1. The number of nitrogens with one attached hydrogen (secondary N) is 2. The van der Waals surface area contributed by atoms with Gasteiger partial charge in [-0.3, -0.25) is 19.8 Å². The molecule has 9 nitrogen and oxygen atoms in total. The van der Waals surface area contributed by atoms with E-state index in [1.807, 2.05) is 0 Å². The minimum atomic E-state index is -0.908. The van der Waals surface area contributed by atoms with E-state index in [4.69, 9.17) is 9.47 Å². The number of amides is 4. The molecule has 2 aliphatic rings. The summed E-state index contributed by atoms with van der Waals surface area (Å²) in [5, 5.41) is 3.44. The van der Waals surface area contributed by atoms with Gasteiger partial charge >= 0.3 is 6.03 Å². The van der Waals surface area contributed by atoms with Crippen molar-refractivity contribution in [3.8, 4) is 11.5 Å². The normalized spacial score (nSPS) is 18.0. The average Bonchev–Trinajstić information content (AvgIpc) is 2.90. The van der Waals surface area contributed by atoms with Crippen LogP contribution in [-0.2, 0) is 9.59 Å². The molecule has 1 aromatic rings. The van der Waals surface area contributed by atoms with E-state index in [0.29, 0.717) is 24.2 Å². The highest BCUT2D eigenvalue weighted by atomic mass is 16.5. The van der Waals surface area contributed by atoms with E-state index in [1.54, 1.807) is 6.07 Å². The Morgan fingerprint density at radius 3 is 2.54 bits per heavy atom. The summed E-state index contributed by atoms with van der Waals surface area (Å²) in [6, 6.07) is 3.96. The van der Waals surface area contributed by atoms with Gasteiger partial charge in [-0.25, -0.2) is 4.79 Å². The lowest BCUT2D eigenvalue weighted by molar-refractivity contribution is -0.140. The van der Waals surface area contributed by atoms with Gasteiger partial charge in [-0.15, -0.1) is 0 Å². The zero-order valence-corrected chi connectivity index (χ0v) is 15.9. The van der Waals surface area contributed by atoms with Crippen LogP contribution in [0, 0.1) is 0 Å². The van der Waals surface area contributed by atoms with Gasteiger partial charge < -0.3 is 14.8 Å². The summed E-state index contributed by atoms with van der Waals surface area (Å²) in [6.07, 6.45) is 3.87. The lowest BCUT2D eigenvalue weighted by atomic mass is 9.82. The van der Waals surface area contributed by atoms with Crippen molar-refractivity contribution in [2.75, 3.05) is 13.7 Å². The number of Topliss-reactive ketones (excluding diaryl/α,β-unsaturated/α-hetero) is 1. The topological polar surface area (TPSA) is 114 Å². The molecule has 28 heavy (non-hydrogen) atoms. The second kappa shape index (κ2) is 7.87. The van der Waals surface area contributed by atoms with E-state index >= 15 is 0 Å². The van der Waals surface area contributed by atoms with Crippen LogP contribution in [0.2, 0.25) is 0 Å². The molecule has 1 aliphatic carbocycles. The zero-order chi connectivity index (χ0) is 20.3. The van der Waals surface area contributed by atoms with Crippen molar-refractivity contribution in [3.63, 3.8) is 0 Å². The predicted octanol–water partition coefficient (Wildman–Crippen LogP) is 1.56. The van der Waals surface area contributed by atoms with Crippen molar-refractivity contribution in [2.24, 2.45) is 0 Å². The maximum atomic E-state index is 12.6. The molecule has 1 aliphatic heterocycles. The third kappa shape index (κ3) is 3.78. The number of carbonyl (C=O) groups is 4. The number of ketones is 1. The van der Waals surface area contributed by atoms with E-state index < -0.39 is 30.0 Å². The Balaban J connectivity index is 1.61. The number of ether oxygens (including phenoxy) is 2. The molecule has 0 unspecified atom stereocenters. The molecule has 9 heteroatoms. The zero-order valence-electron chi connectivity index (χ0n) is 15.9. The van der Waals surface area contributed by atoms with Crippen LogP contribution in [0.25, 0.3) is 0 Å². The number of benzene rings is 1. The first-order valence-corrected chi connectivity index (χ1v) is 9.14. The summed E-state index contributed by atoms with van der Waals surface area (Å²) < 4.78 is 10.6. The molecule has 1 saturated heterocycles. The van der Waals surface area contributed by atoms with Gasteiger partial charge in [-0.2, -0.15) is 5.01 Å². The minimum Gasteiger partial charge on any atom is -0.493 e. The first-order valence-electron chi connectivity index (χ1n) is 9.14. The Labute approximate surface area is 162 Å². The molecule has 1 heterocycles. The first-order chi connectivity index (χ1) is 13.4. The van der Waals surface area contributed by atoms with Crippen molar-refractivity contribution in [3.05, 3.63) is 23.8 Å².